The Kier molecular flexibility index (Phi) is 3.36. The fourth-order valence-corrected chi connectivity index (χ4v) is 3.28. The highest BCUT2D eigenvalue weighted by Gasteiger charge is 2.30. The molecular formula is C15H16N2OS. The van der Waals surface area contributed by atoms with Gasteiger partial charge in [-0.15, -0.1) is 11.3 Å². The van der Waals surface area contributed by atoms with Crippen molar-refractivity contribution in [1.82, 2.24) is 5.32 Å². The molecule has 1 amide bonds. The van der Waals surface area contributed by atoms with Gasteiger partial charge in [0.25, 0.3) is 0 Å². The Hall–Kier alpha value is -1.65. The minimum atomic E-state index is -0.230. The van der Waals surface area contributed by atoms with E-state index < -0.39 is 0 Å². The molecule has 3 nitrogen and oxygen atoms in total. The minimum absolute atomic E-state index is 0.0410. The first-order valence-electron chi connectivity index (χ1n) is 6.42. The lowest BCUT2D eigenvalue weighted by molar-refractivity contribution is -0.117. The number of para-hydroxylation sites is 1. The Bertz CT molecular complexity index is 580. The van der Waals surface area contributed by atoms with Crippen LogP contribution in [0.3, 0.4) is 0 Å². The maximum atomic E-state index is 12.0. The van der Waals surface area contributed by atoms with Crippen molar-refractivity contribution in [1.29, 1.82) is 0 Å². The molecule has 2 heterocycles. The van der Waals surface area contributed by atoms with Crippen LogP contribution in [-0.4, -0.2) is 11.9 Å². The summed E-state index contributed by atoms with van der Waals surface area (Å²) in [5.74, 6) is 0.0410. The number of carbonyl (C=O) groups excluding carboxylic acids is 1. The van der Waals surface area contributed by atoms with Crippen molar-refractivity contribution < 1.29 is 4.79 Å². The van der Waals surface area contributed by atoms with Crippen LogP contribution in [0.15, 0.2) is 41.8 Å². The third-order valence-electron chi connectivity index (χ3n) is 3.33. The van der Waals surface area contributed by atoms with Gasteiger partial charge in [0.2, 0.25) is 5.91 Å². The number of fused-ring (bicyclic) bond motifs is 1. The van der Waals surface area contributed by atoms with Crippen LogP contribution in [0, 0.1) is 0 Å². The van der Waals surface area contributed by atoms with Crippen molar-refractivity contribution in [3.8, 4) is 0 Å². The first kappa shape index (κ1) is 12.4. The van der Waals surface area contributed by atoms with Crippen molar-refractivity contribution in [3.05, 3.63) is 52.2 Å². The summed E-state index contributed by atoms with van der Waals surface area (Å²) in [5, 5.41) is 8.41. The quantitative estimate of drug-likeness (QED) is 0.898. The van der Waals surface area contributed by atoms with E-state index >= 15 is 0 Å². The fourth-order valence-electron chi connectivity index (χ4n) is 2.45. The van der Waals surface area contributed by atoms with E-state index in [1.54, 1.807) is 11.3 Å². The largest absolute Gasteiger partial charge is 0.324 e. The molecule has 2 unspecified atom stereocenters. The zero-order chi connectivity index (χ0) is 13.2. The smallest absolute Gasteiger partial charge is 0.246 e. The van der Waals surface area contributed by atoms with Gasteiger partial charge in [-0.2, -0.15) is 0 Å². The Balaban J connectivity index is 1.71. The number of thiophene rings is 1. The van der Waals surface area contributed by atoms with Crippen molar-refractivity contribution in [3.63, 3.8) is 0 Å². The van der Waals surface area contributed by atoms with Crippen LogP contribution in [0.4, 0.5) is 5.69 Å². The number of rotatable bonds is 4. The molecule has 0 aliphatic carbocycles. The number of hydrogen-bond donors (Lipinski definition) is 2. The van der Waals surface area contributed by atoms with Gasteiger partial charge in [-0.05, 0) is 30.9 Å². The fraction of sp³-hybridized carbons (Fsp3) is 0.267. The zero-order valence-electron chi connectivity index (χ0n) is 10.7. The number of anilines is 1. The lowest BCUT2D eigenvalue weighted by Crippen LogP contribution is -2.35. The summed E-state index contributed by atoms with van der Waals surface area (Å²) >= 11 is 1.76. The Morgan fingerprint density at radius 3 is 2.95 bits per heavy atom. The highest BCUT2D eigenvalue weighted by Crippen LogP contribution is 2.30. The highest BCUT2D eigenvalue weighted by molar-refractivity contribution is 7.09. The molecule has 1 aliphatic heterocycles. The molecule has 0 saturated heterocycles. The van der Waals surface area contributed by atoms with E-state index in [-0.39, 0.29) is 18.0 Å². The van der Waals surface area contributed by atoms with Crippen LogP contribution in [0.2, 0.25) is 0 Å². The van der Waals surface area contributed by atoms with E-state index in [4.69, 9.17) is 0 Å². The molecule has 1 aliphatic rings. The van der Waals surface area contributed by atoms with E-state index in [0.29, 0.717) is 0 Å². The predicted octanol–water partition coefficient (Wildman–Crippen LogP) is 2.96. The standard InChI is InChI=1S/C15H16N2OS/c1-10(9-11-5-4-8-19-11)16-14-12-6-2-3-7-13(12)17-15(14)18/h2-8,10,14,16H,9H2,1H3,(H,17,18). The lowest BCUT2D eigenvalue weighted by Gasteiger charge is -2.17. The number of nitrogens with one attached hydrogen (secondary N) is 2. The lowest BCUT2D eigenvalue weighted by atomic mass is 10.1. The van der Waals surface area contributed by atoms with Gasteiger partial charge < -0.3 is 5.32 Å². The van der Waals surface area contributed by atoms with Gasteiger partial charge in [0, 0.05) is 22.2 Å². The molecule has 0 saturated carbocycles. The highest BCUT2D eigenvalue weighted by atomic mass is 32.1. The van der Waals surface area contributed by atoms with Gasteiger partial charge in [-0.3, -0.25) is 10.1 Å². The molecule has 1 aromatic heterocycles. The summed E-state index contributed by atoms with van der Waals surface area (Å²) in [6, 6.07) is 12.1. The maximum Gasteiger partial charge on any atom is 0.246 e. The summed E-state index contributed by atoms with van der Waals surface area (Å²) in [7, 11) is 0. The molecule has 2 N–H and O–H groups in total. The molecule has 0 bridgehead atoms. The second-order valence-corrected chi connectivity index (χ2v) is 5.89. The summed E-state index contributed by atoms with van der Waals surface area (Å²) in [6.07, 6.45) is 0.948. The van der Waals surface area contributed by atoms with Crippen molar-refractivity contribution in [2.75, 3.05) is 5.32 Å². The van der Waals surface area contributed by atoms with Crippen molar-refractivity contribution in [2.24, 2.45) is 0 Å². The normalized spacial score (nSPS) is 19.0. The molecule has 3 rings (SSSR count). The van der Waals surface area contributed by atoms with Crippen LogP contribution in [0.1, 0.15) is 23.4 Å². The Labute approximate surface area is 116 Å². The van der Waals surface area contributed by atoms with E-state index in [2.05, 4.69) is 35.1 Å². The molecule has 0 radical (unpaired) electrons. The van der Waals surface area contributed by atoms with Gasteiger partial charge in [0.1, 0.15) is 6.04 Å². The van der Waals surface area contributed by atoms with Crippen LogP contribution in [0.25, 0.3) is 0 Å². The average Bonchev–Trinajstić information content (AvgIpc) is 2.99. The van der Waals surface area contributed by atoms with Crippen LogP contribution in [-0.2, 0) is 11.2 Å². The number of carbonyl (C=O) groups is 1. The van der Waals surface area contributed by atoms with Crippen LogP contribution in [0.5, 0.6) is 0 Å². The van der Waals surface area contributed by atoms with Crippen LogP contribution < -0.4 is 10.6 Å². The second kappa shape index (κ2) is 5.15. The monoisotopic (exact) mass is 272 g/mol. The molecule has 2 aromatic rings. The molecule has 98 valence electrons. The average molecular weight is 272 g/mol. The Morgan fingerprint density at radius 1 is 1.32 bits per heavy atom. The number of hydrogen-bond acceptors (Lipinski definition) is 3. The third kappa shape index (κ3) is 2.55. The van der Waals surface area contributed by atoms with Gasteiger partial charge in [0.05, 0.1) is 0 Å². The van der Waals surface area contributed by atoms with E-state index in [9.17, 15) is 4.79 Å². The molecule has 1 aromatic carbocycles. The molecule has 0 spiro atoms. The van der Waals surface area contributed by atoms with Gasteiger partial charge >= 0.3 is 0 Å². The molecule has 2 atom stereocenters. The summed E-state index contributed by atoms with van der Waals surface area (Å²) in [4.78, 5) is 13.3. The summed E-state index contributed by atoms with van der Waals surface area (Å²) in [5.41, 5.74) is 1.97. The topological polar surface area (TPSA) is 41.1 Å². The molecule has 0 fully saturated rings. The minimum Gasteiger partial charge on any atom is -0.324 e. The van der Waals surface area contributed by atoms with Gasteiger partial charge in [-0.1, -0.05) is 24.3 Å². The number of amides is 1. The zero-order valence-corrected chi connectivity index (χ0v) is 11.5. The SMILES string of the molecule is CC(Cc1cccs1)NC1C(=O)Nc2ccccc21. The maximum absolute atomic E-state index is 12.0. The molecule has 19 heavy (non-hydrogen) atoms. The predicted molar refractivity (Wildman–Crippen MR) is 78.4 cm³/mol. The first-order chi connectivity index (χ1) is 9.24. The second-order valence-electron chi connectivity index (χ2n) is 4.86. The third-order valence-corrected chi connectivity index (χ3v) is 4.23. The molecular weight excluding hydrogens is 256 g/mol. The van der Waals surface area contributed by atoms with E-state index in [1.165, 1.54) is 4.88 Å². The first-order valence-corrected chi connectivity index (χ1v) is 7.30. The summed E-state index contributed by atoms with van der Waals surface area (Å²) in [6.45, 7) is 2.12. The Morgan fingerprint density at radius 2 is 2.16 bits per heavy atom. The van der Waals surface area contributed by atoms with Gasteiger partial charge in [-0.25, -0.2) is 0 Å². The molecule has 4 heteroatoms. The van der Waals surface area contributed by atoms with E-state index in [1.807, 2.05) is 24.3 Å². The van der Waals surface area contributed by atoms with Crippen molar-refractivity contribution in [2.45, 2.75) is 25.4 Å². The van der Waals surface area contributed by atoms with Crippen LogP contribution >= 0.6 is 11.3 Å². The summed E-state index contributed by atoms with van der Waals surface area (Å²) < 4.78 is 0. The number of benzene rings is 1. The van der Waals surface area contributed by atoms with Crippen molar-refractivity contribution >= 4 is 22.9 Å². The van der Waals surface area contributed by atoms with Gasteiger partial charge in [0.15, 0.2) is 0 Å². The van der Waals surface area contributed by atoms with E-state index in [0.717, 1.165) is 17.7 Å².